The summed E-state index contributed by atoms with van der Waals surface area (Å²) in [6.07, 6.45) is 0. The molecule has 0 atom stereocenters. The number of nitrogens with zero attached hydrogens (tertiary/aromatic N) is 2. The minimum Gasteiger partial charge on any atom is -0.456 e. The van der Waals surface area contributed by atoms with Crippen LogP contribution in [-0.2, 0) is 0 Å². The van der Waals surface area contributed by atoms with E-state index in [4.69, 9.17) is 14.4 Å². The van der Waals surface area contributed by atoms with Gasteiger partial charge < -0.3 is 4.42 Å². The molecule has 3 nitrogen and oxygen atoms in total. The Hall–Kier alpha value is -7.04. The zero-order chi connectivity index (χ0) is 40.6. The summed E-state index contributed by atoms with van der Waals surface area (Å²) >= 11 is 0. The molecule has 0 unspecified atom stereocenters. The van der Waals surface area contributed by atoms with E-state index >= 15 is 0 Å². The van der Waals surface area contributed by atoms with Gasteiger partial charge in [0.15, 0.2) is 5.82 Å². The van der Waals surface area contributed by atoms with E-state index in [1.807, 2.05) is 18.2 Å². The fraction of sp³-hybridized carbons (Fsp3) is 0. The van der Waals surface area contributed by atoms with E-state index < -0.39 is 0 Å². The van der Waals surface area contributed by atoms with E-state index in [1.54, 1.807) is 0 Å². The summed E-state index contributed by atoms with van der Waals surface area (Å²) in [5.41, 5.74) is 18.0. The van der Waals surface area contributed by atoms with Crippen LogP contribution < -0.4 is 27.3 Å². The highest BCUT2D eigenvalue weighted by atomic mass is 16.3. The van der Waals surface area contributed by atoms with Gasteiger partial charge in [0.05, 0.1) is 11.4 Å². The maximum atomic E-state index is 6.55. The van der Waals surface area contributed by atoms with Crippen molar-refractivity contribution in [2.75, 3.05) is 0 Å². The molecule has 0 aliphatic rings. The first-order valence-electron chi connectivity index (χ1n) is 20.7. The van der Waals surface area contributed by atoms with Crippen LogP contribution in [0, 0.1) is 0 Å². The molecule has 276 valence electrons. The van der Waals surface area contributed by atoms with Gasteiger partial charge in [0, 0.05) is 27.5 Å². The van der Waals surface area contributed by atoms with Crippen LogP contribution >= 0.6 is 0 Å². The quantitative estimate of drug-likeness (QED) is 0.173. The summed E-state index contributed by atoms with van der Waals surface area (Å²) in [5, 5.41) is 9.64. The molecule has 0 saturated carbocycles. The standard InChI is InChI=1S/C52H37B5N2O/c53-47-45(48(54)50(56)51(57)49(47)55)30-19-17-29(18-20-30)42-27-41(28-9-2-1-3-10-28)58-52(59-42)38-15-8-16-44-46(38)40-26-32(22-24-43(40)60-44)31-21-23-37-35-13-5-4-11-33(35)34-12-6-7-14-36(34)39(37)25-31/h1-27H,53-57H2. The molecule has 60 heavy (non-hydrogen) atoms. The van der Waals surface area contributed by atoms with Crippen LogP contribution in [-0.4, -0.2) is 49.2 Å². The first kappa shape index (κ1) is 36.1. The van der Waals surface area contributed by atoms with Crippen molar-refractivity contribution < 1.29 is 4.42 Å². The van der Waals surface area contributed by atoms with Crippen molar-refractivity contribution in [3.05, 3.63) is 164 Å². The van der Waals surface area contributed by atoms with Crippen LogP contribution in [0.2, 0.25) is 0 Å². The van der Waals surface area contributed by atoms with Crippen molar-refractivity contribution in [2.24, 2.45) is 0 Å². The molecule has 0 spiro atoms. The van der Waals surface area contributed by atoms with Crippen molar-refractivity contribution in [1.82, 2.24) is 9.97 Å². The van der Waals surface area contributed by atoms with E-state index in [9.17, 15) is 0 Å². The monoisotopic (exact) mass is 760 g/mol. The van der Waals surface area contributed by atoms with Gasteiger partial charge in [-0.15, -0.1) is 16.4 Å². The topological polar surface area (TPSA) is 38.9 Å². The van der Waals surface area contributed by atoms with Gasteiger partial charge in [-0.05, 0) is 84.9 Å². The van der Waals surface area contributed by atoms with Gasteiger partial charge in [-0.2, -0.15) is 0 Å². The summed E-state index contributed by atoms with van der Waals surface area (Å²) in [5.74, 6) is 0.662. The maximum Gasteiger partial charge on any atom is 0.161 e. The molecule has 0 aliphatic heterocycles. The molecule has 0 fully saturated rings. The van der Waals surface area contributed by atoms with E-state index in [0.29, 0.717) is 5.82 Å². The van der Waals surface area contributed by atoms with Crippen LogP contribution in [0.5, 0.6) is 0 Å². The minimum absolute atomic E-state index is 0.662. The summed E-state index contributed by atoms with van der Waals surface area (Å²) in [6.45, 7) is 0. The highest BCUT2D eigenvalue weighted by Crippen LogP contribution is 2.41. The Morgan fingerprint density at radius 3 is 1.45 bits per heavy atom. The summed E-state index contributed by atoms with van der Waals surface area (Å²) in [7, 11) is 11.2. The Morgan fingerprint density at radius 2 is 0.817 bits per heavy atom. The molecule has 0 radical (unpaired) electrons. The number of aromatic nitrogens is 2. The third-order valence-electron chi connectivity index (χ3n) is 13.1. The molecule has 0 amide bonds. The number of fused-ring (bicyclic) bond motifs is 9. The summed E-state index contributed by atoms with van der Waals surface area (Å²) in [4.78, 5) is 10.6. The van der Waals surface area contributed by atoms with Crippen molar-refractivity contribution in [3.63, 3.8) is 0 Å². The minimum atomic E-state index is 0.662. The SMILES string of the molecule is Bc1c(B)c(B)c(-c2ccc(-c3cc(-c4ccccc4)nc(-c4cccc5oc6ccc(-c7ccc8c9ccccc9c9ccccc9c8c7)cc6c45)n3)cc2)c(B)c1B. The molecular weight excluding hydrogens is 723 g/mol. The Labute approximate surface area is 353 Å². The average Bonchev–Trinajstić information content (AvgIpc) is 3.69. The number of rotatable bonds is 5. The molecule has 2 aromatic heterocycles. The highest BCUT2D eigenvalue weighted by Gasteiger charge is 2.19. The first-order valence-corrected chi connectivity index (χ1v) is 20.7. The predicted molar refractivity (Wildman–Crippen MR) is 270 cm³/mol. The van der Waals surface area contributed by atoms with Crippen LogP contribution in [0.15, 0.2) is 168 Å². The fourth-order valence-corrected chi connectivity index (χ4v) is 9.49. The average molecular weight is 760 g/mol. The number of hydrogen-bond donors (Lipinski definition) is 0. The van der Waals surface area contributed by atoms with Gasteiger partial charge in [-0.3, -0.25) is 0 Å². The van der Waals surface area contributed by atoms with Crippen molar-refractivity contribution in [1.29, 1.82) is 0 Å². The van der Waals surface area contributed by atoms with Gasteiger partial charge in [0.1, 0.15) is 50.4 Å². The summed E-state index contributed by atoms with van der Waals surface area (Å²) in [6, 6.07) is 58.5. The Balaban J connectivity index is 1.07. The second-order valence-electron chi connectivity index (χ2n) is 16.2. The molecule has 0 bridgehead atoms. The van der Waals surface area contributed by atoms with E-state index in [0.717, 1.165) is 61.1 Å². The lowest BCUT2D eigenvalue weighted by atomic mass is 9.59. The van der Waals surface area contributed by atoms with Gasteiger partial charge in [0.25, 0.3) is 0 Å². The molecule has 0 saturated heterocycles. The predicted octanol–water partition coefficient (Wildman–Crippen LogP) is 5.46. The lowest BCUT2D eigenvalue weighted by molar-refractivity contribution is 0.669. The molecule has 8 heteroatoms. The lowest BCUT2D eigenvalue weighted by Gasteiger charge is -2.20. The second kappa shape index (κ2) is 14.1. The van der Waals surface area contributed by atoms with E-state index in [2.05, 4.69) is 185 Å². The Morgan fingerprint density at radius 1 is 0.333 bits per heavy atom. The molecule has 9 aromatic carbocycles. The van der Waals surface area contributed by atoms with Crippen LogP contribution in [0.25, 0.3) is 110 Å². The van der Waals surface area contributed by atoms with Gasteiger partial charge >= 0.3 is 0 Å². The van der Waals surface area contributed by atoms with Crippen LogP contribution in [0.3, 0.4) is 0 Å². The van der Waals surface area contributed by atoms with Crippen LogP contribution in [0.1, 0.15) is 0 Å². The normalized spacial score (nSPS) is 11.7. The zero-order valence-corrected chi connectivity index (χ0v) is 34.4. The summed E-state index contributed by atoms with van der Waals surface area (Å²) < 4.78 is 6.55. The molecule has 2 heterocycles. The van der Waals surface area contributed by atoms with E-state index in [-0.39, 0.29) is 0 Å². The molecule has 11 aromatic rings. The highest BCUT2D eigenvalue weighted by molar-refractivity contribution is 6.68. The molecular formula is C52H37B5N2O. The van der Waals surface area contributed by atoms with Crippen molar-refractivity contribution in [3.8, 4) is 56.2 Å². The Kier molecular flexibility index (Phi) is 8.46. The third kappa shape index (κ3) is 5.73. The molecule has 0 aliphatic carbocycles. The van der Waals surface area contributed by atoms with Crippen LogP contribution in [0.4, 0.5) is 0 Å². The fourth-order valence-electron chi connectivity index (χ4n) is 9.49. The molecule has 11 rings (SSSR count). The van der Waals surface area contributed by atoms with Gasteiger partial charge in [-0.1, -0.05) is 144 Å². The zero-order valence-electron chi connectivity index (χ0n) is 34.4. The second-order valence-corrected chi connectivity index (χ2v) is 16.2. The van der Waals surface area contributed by atoms with Gasteiger partial charge in [0.2, 0.25) is 0 Å². The smallest absolute Gasteiger partial charge is 0.161 e. The van der Waals surface area contributed by atoms with Gasteiger partial charge in [-0.25, -0.2) is 9.97 Å². The number of benzene rings is 9. The largest absolute Gasteiger partial charge is 0.456 e. The third-order valence-corrected chi connectivity index (χ3v) is 13.1. The Bertz CT molecular complexity index is 3480. The number of furan rings is 1. The maximum absolute atomic E-state index is 6.55. The first-order chi connectivity index (χ1) is 29.3. The van der Waals surface area contributed by atoms with Crippen molar-refractivity contribution in [2.45, 2.75) is 0 Å². The van der Waals surface area contributed by atoms with E-state index in [1.165, 1.54) is 70.8 Å². The van der Waals surface area contributed by atoms with Crippen molar-refractivity contribution >= 4 is 121 Å². The lowest BCUT2D eigenvalue weighted by Crippen LogP contribution is -2.55. The number of hydrogen-bond acceptors (Lipinski definition) is 3. The molecule has 0 N–H and O–H groups in total.